The van der Waals surface area contributed by atoms with Crippen molar-refractivity contribution in [2.75, 3.05) is 13.2 Å². The molecular weight excluding hydrogens is 765 g/mol. The minimum Gasteiger partial charge on any atom is -0.508 e. The van der Waals surface area contributed by atoms with E-state index in [1.807, 2.05) is 60.7 Å². The van der Waals surface area contributed by atoms with Gasteiger partial charge in [0.15, 0.2) is 0 Å². The summed E-state index contributed by atoms with van der Waals surface area (Å²) in [6.07, 6.45) is -9.34. The number of carbonyl (C=O) groups is 2. The smallest absolute Gasteiger partial charge is 0.251 e. The number of benzene rings is 4. The van der Waals surface area contributed by atoms with Crippen LogP contribution in [-0.4, -0.2) is 125 Å². The molecule has 0 saturated carbocycles. The lowest BCUT2D eigenvalue weighted by atomic mass is 9.96. The van der Waals surface area contributed by atoms with Gasteiger partial charge in [0.05, 0.1) is 25.3 Å². The molecule has 2 saturated heterocycles. The van der Waals surface area contributed by atoms with Gasteiger partial charge in [0.2, 0.25) is 0 Å². The van der Waals surface area contributed by atoms with Gasteiger partial charge in [0.25, 0.3) is 11.8 Å². The van der Waals surface area contributed by atoms with Crippen molar-refractivity contribution in [2.24, 2.45) is 0 Å². The summed E-state index contributed by atoms with van der Waals surface area (Å²) in [5.41, 5.74) is -1.25. The highest BCUT2D eigenvalue weighted by molar-refractivity contribution is 8.00. The first-order chi connectivity index (χ1) is 27.4. The first kappa shape index (κ1) is 41.7. The van der Waals surface area contributed by atoms with E-state index in [4.69, 9.17) is 18.9 Å². The van der Waals surface area contributed by atoms with Gasteiger partial charge >= 0.3 is 0 Å². The molecule has 10 atom stereocenters. The maximum atomic E-state index is 13.5. The highest BCUT2D eigenvalue weighted by Crippen LogP contribution is 2.37. The third-order valence-corrected chi connectivity index (χ3v) is 10.8. The number of aliphatic hydroxyl groups is 6. The molecule has 0 spiro atoms. The van der Waals surface area contributed by atoms with Gasteiger partial charge in [-0.15, -0.1) is 0 Å². The maximum Gasteiger partial charge on any atom is 0.251 e. The van der Waals surface area contributed by atoms with Gasteiger partial charge in [-0.2, -0.15) is 0 Å². The van der Waals surface area contributed by atoms with E-state index in [1.165, 1.54) is 24.3 Å². The summed E-state index contributed by atoms with van der Waals surface area (Å²) in [6, 6.07) is 23.1. The van der Waals surface area contributed by atoms with Crippen LogP contribution in [0.25, 0.3) is 0 Å². The standard InChI is InChI=1S/C40H44N2O14S/c43-17-29-33(47)31(41-37(51)23-11-25(45)15-27(13-23)53-19-21-7-3-1-4-8-21)35(49)39(55-29)57-40-36(50)32(34(48)30(18-44)56-40)42-38(52)24-12-26(46)16-28(14-24)54-20-22-9-5-2-6-10-22/h1-16,29-36,39-40,43-50H,17-20H2,(H,41,51)(H,42,52)/t29-,30+,31-,32?,33-,34-,35+,36?,39?,40?/m0/s1. The Kier molecular flexibility index (Phi) is 13.9. The van der Waals surface area contributed by atoms with Crippen molar-refractivity contribution in [1.82, 2.24) is 10.6 Å². The fraction of sp³-hybridized carbons (Fsp3) is 0.350. The molecule has 2 fully saturated rings. The summed E-state index contributed by atoms with van der Waals surface area (Å²) >= 11 is 0.661. The SMILES string of the molecule is O=C(NC1C(O)C(SC2O[C@@H](CO)[C@H](O)[C@H](NC(=O)c3cc(O)cc(OCc4ccccc4)c3)[C@H]2O)O[C@H](CO)[C@@H]1O)c1cc(O)cc(OCc2ccccc2)c1. The number of ether oxygens (including phenoxy) is 4. The Morgan fingerprint density at radius 3 is 1.33 bits per heavy atom. The van der Waals surface area contributed by atoms with Crippen LogP contribution in [0.2, 0.25) is 0 Å². The first-order valence-electron chi connectivity index (χ1n) is 18.0. The zero-order valence-electron chi connectivity index (χ0n) is 30.3. The van der Waals surface area contributed by atoms with E-state index in [2.05, 4.69) is 10.6 Å². The monoisotopic (exact) mass is 808 g/mol. The lowest BCUT2D eigenvalue weighted by Crippen LogP contribution is -2.66. The number of phenols is 2. The van der Waals surface area contributed by atoms with Gasteiger partial charge in [0.1, 0.15) is 83.7 Å². The summed E-state index contributed by atoms with van der Waals surface area (Å²) < 4.78 is 23.0. The van der Waals surface area contributed by atoms with E-state index in [-0.39, 0.29) is 47.3 Å². The molecule has 17 heteroatoms. The number of amides is 2. The number of nitrogens with one attached hydrogen (secondary N) is 2. The number of carbonyl (C=O) groups excluding carboxylic acids is 2. The number of aliphatic hydroxyl groups excluding tert-OH is 6. The highest BCUT2D eigenvalue weighted by Gasteiger charge is 2.50. The Morgan fingerprint density at radius 2 is 0.965 bits per heavy atom. The molecule has 304 valence electrons. The second-order valence-corrected chi connectivity index (χ2v) is 14.7. The summed E-state index contributed by atoms with van der Waals surface area (Å²) in [6.45, 7) is -1.19. The number of phenolic OH excluding ortho intramolecular Hbond substituents is 2. The molecule has 2 aliphatic heterocycles. The second-order valence-electron chi connectivity index (χ2n) is 13.5. The highest BCUT2D eigenvalue weighted by atomic mass is 32.2. The number of hydrogen-bond acceptors (Lipinski definition) is 15. The fourth-order valence-corrected chi connectivity index (χ4v) is 7.76. The number of hydrogen-bond donors (Lipinski definition) is 10. The number of thioether (sulfide) groups is 1. The molecule has 0 bridgehead atoms. The van der Waals surface area contributed by atoms with E-state index in [0.717, 1.165) is 23.3 Å². The van der Waals surface area contributed by atoms with Crippen LogP contribution in [0.1, 0.15) is 31.8 Å². The van der Waals surface area contributed by atoms with Crippen molar-refractivity contribution in [3.05, 3.63) is 119 Å². The average molecular weight is 809 g/mol. The van der Waals surface area contributed by atoms with Crippen molar-refractivity contribution in [1.29, 1.82) is 0 Å². The van der Waals surface area contributed by atoms with Crippen molar-refractivity contribution in [3.8, 4) is 23.0 Å². The fourth-order valence-electron chi connectivity index (χ4n) is 6.42. The molecule has 0 aliphatic carbocycles. The molecule has 57 heavy (non-hydrogen) atoms. The third kappa shape index (κ3) is 10.3. The van der Waals surface area contributed by atoms with Crippen molar-refractivity contribution in [2.45, 2.75) is 72.8 Å². The van der Waals surface area contributed by atoms with Gasteiger partial charge in [-0.1, -0.05) is 72.4 Å². The number of aromatic hydroxyl groups is 2. The van der Waals surface area contributed by atoms with E-state index in [0.29, 0.717) is 11.8 Å². The molecule has 2 aliphatic rings. The first-order valence-corrected chi connectivity index (χ1v) is 18.9. The molecule has 6 rings (SSSR count). The zero-order chi connectivity index (χ0) is 40.6. The maximum absolute atomic E-state index is 13.5. The Labute approximate surface area is 331 Å². The molecule has 4 unspecified atom stereocenters. The largest absolute Gasteiger partial charge is 0.508 e. The molecule has 0 radical (unpaired) electrons. The topological polar surface area (TPSA) is 257 Å². The Balaban J connectivity index is 1.14. The summed E-state index contributed by atoms with van der Waals surface area (Å²) in [5.74, 6) is -1.86. The summed E-state index contributed by atoms with van der Waals surface area (Å²) in [7, 11) is 0. The van der Waals surface area contributed by atoms with E-state index in [9.17, 15) is 50.4 Å². The van der Waals surface area contributed by atoms with E-state index >= 15 is 0 Å². The minimum absolute atomic E-state index is 0.0697. The molecular formula is C40H44N2O14S. The summed E-state index contributed by atoms with van der Waals surface area (Å²) in [4.78, 5) is 26.9. The molecule has 16 nitrogen and oxygen atoms in total. The molecule has 4 aromatic carbocycles. The molecule has 10 N–H and O–H groups in total. The molecule has 2 heterocycles. The summed E-state index contributed by atoms with van der Waals surface area (Å²) in [5, 5.41) is 90.7. The molecule has 2 amide bonds. The van der Waals surface area contributed by atoms with E-state index < -0.39 is 84.6 Å². The van der Waals surface area contributed by atoms with Crippen molar-refractivity contribution < 1.29 is 69.4 Å². The van der Waals surface area contributed by atoms with Crippen LogP contribution in [0.15, 0.2) is 97.1 Å². The zero-order valence-corrected chi connectivity index (χ0v) is 31.1. The second kappa shape index (κ2) is 19.0. The Bertz CT molecular complexity index is 1820. The normalized spacial score (nSPS) is 27.3. The van der Waals surface area contributed by atoms with Crippen molar-refractivity contribution >= 4 is 23.6 Å². The van der Waals surface area contributed by atoms with Crippen LogP contribution in [0.5, 0.6) is 23.0 Å². The Morgan fingerprint density at radius 1 is 0.579 bits per heavy atom. The van der Waals surface area contributed by atoms with Crippen LogP contribution in [0.4, 0.5) is 0 Å². The van der Waals surface area contributed by atoms with Crippen molar-refractivity contribution in [3.63, 3.8) is 0 Å². The molecule has 0 aromatic heterocycles. The predicted molar refractivity (Wildman–Crippen MR) is 203 cm³/mol. The lowest BCUT2D eigenvalue weighted by molar-refractivity contribution is -0.175. The van der Waals surface area contributed by atoms with Crippen LogP contribution < -0.4 is 20.1 Å². The average Bonchev–Trinajstić information content (AvgIpc) is 3.21. The van der Waals surface area contributed by atoms with E-state index in [1.54, 1.807) is 0 Å². The van der Waals surface area contributed by atoms with Crippen LogP contribution in [-0.2, 0) is 22.7 Å². The predicted octanol–water partition coefficient (Wildman–Crippen LogP) is 0.764. The lowest BCUT2D eigenvalue weighted by Gasteiger charge is -2.46. The van der Waals surface area contributed by atoms with Gasteiger partial charge in [-0.25, -0.2) is 0 Å². The van der Waals surface area contributed by atoms with Crippen LogP contribution in [0, 0.1) is 0 Å². The van der Waals surface area contributed by atoms with Gasteiger partial charge in [-0.05, 0) is 35.4 Å². The van der Waals surface area contributed by atoms with Gasteiger partial charge in [0, 0.05) is 23.3 Å². The quantitative estimate of drug-likeness (QED) is 0.0844. The minimum atomic E-state index is -1.70. The number of rotatable bonds is 14. The van der Waals surface area contributed by atoms with Gasteiger partial charge < -0.3 is 70.4 Å². The Hall–Kier alpha value is -4.95. The van der Waals surface area contributed by atoms with Crippen LogP contribution in [0.3, 0.4) is 0 Å². The third-order valence-electron chi connectivity index (χ3n) is 9.44. The van der Waals surface area contributed by atoms with Crippen LogP contribution >= 0.6 is 11.8 Å². The van der Waals surface area contributed by atoms with Gasteiger partial charge in [-0.3, -0.25) is 9.59 Å². The molecule has 4 aromatic rings.